The van der Waals surface area contributed by atoms with Gasteiger partial charge in [0.2, 0.25) is 0 Å². The predicted octanol–water partition coefficient (Wildman–Crippen LogP) is 1.80. The van der Waals surface area contributed by atoms with Crippen molar-refractivity contribution >= 4 is 22.2 Å². The number of ether oxygens (including phenoxy) is 1. The summed E-state index contributed by atoms with van der Waals surface area (Å²) in [6.07, 6.45) is 0.464. The molecule has 0 saturated heterocycles. The van der Waals surface area contributed by atoms with Crippen molar-refractivity contribution in [2.45, 2.75) is 43.1 Å². The van der Waals surface area contributed by atoms with Crippen molar-refractivity contribution in [1.29, 1.82) is 0 Å². The van der Waals surface area contributed by atoms with E-state index in [0.717, 1.165) is 12.3 Å². The second-order valence-corrected chi connectivity index (χ2v) is 9.13. The van der Waals surface area contributed by atoms with Gasteiger partial charge in [-0.05, 0) is 38.5 Å². The molecule has 24 heavy (non-hydrogen) atoms. The van der Waals surface area contributed by atoms with Gasteiger partial charge in [0, 0.05) is 12.2 Å². The molecule has 1 fully saturated rings. The molecule has 0 heterocycles. The lowest BCUT2D eigenvalue weighted by Crippen LogP contribution is -2.45. The van der Waals surface area contributed by atoms with Gasteiger partial charge < -0.3 is 14.8 Å². The number of nitrogens with one attached hydrogen (secondary N) is 1. The molecule has 1 aromatic carbocycles. The number of rotatable bonds is 4. The Morgan fingerprint density at radius 3 is 2.46 bits per heavy atom. The normalized spacial score (nSPS) is 26.5. The maximum Gasteiger partial charge on any atom is 0.408 e. The number of halogens is 1. The second-order valence-electron chi connectivity index (χ2n) is 6.96. The second kappa shape index (κ2) is 5.84. The third kappa shape index (κ3) is 3.58. The van der Waals surface area contributed by atoms with Crippen LogP contribution in [0.4, 0.5) is 9.18 Å². The molecule has 0 radical (unpaired) electrons. The average Bonchev–Trinajstić information content (AvgIpc) is 3.05. The van der Waals surface area contributed by atoms with Crippen LogP contribution >= 0.6 is 0 Å². The molecular formula is C16H20FNO5S. The third-order valence-electron chi connectivity index (χ3n) is 3.76. The fraction of sp³-hybridized carbons (Fsp3) is 0.500. The van der Waals surface area contributed by atoms with Crippen molar-refractivity contribution in [2.24, 2.45) is 0 Å². The molecule has 132 valence electrons. The third-order valence-corrected chi connectivity index (χ3v) is 5.35. The van der Waals surface area contributed by atoms with E-state index in [1.54, 1.807) is 20.8 Å². The lowest BCUT2D eigenvalue weighted by Gasteiger charge is -2.22. The van der Waals surface area contributed by atoms with Crippen LogP contribution < -0.4 is 5.32 Å². The average molecular weight is 357 g/mol. The van der Waals surface area contributed by atoms with Gasteiger partial charge in [0.1, 0.15) is 28.5 Å². The molecule has 1 aromatic rings. The predicted molar refractivity (Wildman–Crippen MR) is 85.9 cm³/mol. The molecule has 6 nitrogen and oxygen atoms in total. The van der Waals surface area contributed by atoms with Crippen LogP contribution in [-0.4, -0.2) is 43.4 Å². The molecule has 0 aliphatic heterocycles. The smallest absolute Gasteiger partial charge is 0.408 e. The van der Waals surface area contributed by atoms with Crippen LogP contribution in [0.15, 0.2) is 24.3 Å². The summed E-state index contributed by atoms with van der Waals surface area (Å²) in [4.78, 5) is 23.7. The van der Waals surface area contributed by atoms with Gasteiger partial charge in [-0.2, -0.15) is 0 Å². The van der Waals surface area contributed by atoms with Crippen molar-refractivity contribution in [1.82, 2.24) is 5.32 Å². The van der Waals surface area contributed by atoms with Crippen LogP contribution in [0.25, 0.3) is 0 Å². The first-order chi connectivity index (χ1) is 10.9. The van der Waals surface area contributed by atoms with E-state index in [1.807, 2.05) is 0 Å². The van der Waals surface area contributed by atoms with Crippen LogP contribution in [0.1, 0.15) is 32.3 Å². The minimum atomic E-state index is -3.67. The van der Waals surface area contributed by atoms with Gasteiger partial charge in [0.05, 0.1) is 0 Å². The molecule has 1 aliphatic rings. The largest absolute Gasteiger partial charge is 0.444 e. The highest BCUT2D eigenvalue weighted by Crippen LogP contribution is 2.54. The first kappa shape index (κ1) is 18.4. The molecule has 8 heteroatoms. The molecular weight excluding hydrogens is 337 g/mol. The summed E-state index contributed by atoms with van der Waals surface area (Å²) in [5, 5.41) is 1.20. The molecule has 0 spiro atoms. The van der Waals surface area contributed by atoms with Gasteiger partial charge in [0.15, 0.2) is 9.84 Å². The van der Waals surface area contributed by atoms with Crippen LogP contribution in [0, 0.1) is 5.82 Å². The van der Waals surface area contributed by atoms with Crippen molar-refractivity contribution < 1.29 is 27.1 Å². The van der Waals surface area contributed by atoms with Gasteiger partial charge in [-0.1, -0.05) is 12.1 Å². The maximum absolute atomic E-state index is 13.5. The summed E-state index contributed by atoms with van der Waals surface area (Å²) in [6.45, 7) is 4.93. The fourth-order valence-electron chi connectivity index (χ4n) is 2.93. The maximum atomic E-state index is 13.5. The number of carbonyl (C=O) groups is 2. The topological polar surface area (TPSA) is 89.5 Å². The Bertz CT molecular complexity index is 771. The van der Waals surface area contributed by atoms with Crippen molar-refractivity contribution in [3.8, 4) is 0 Å². The van der Waals surface area contributed by atoms with Crippen molar-refractivity contribution in [3.05, 3.63) is 35.6 Å². The molecule has 2 rings (SSSR count). The van der Waals surface area contributed by atoms with E-state index < -0.39 is 44.1 Å². The monoisotopic (exact) mass is 357 g/mol. The number of alkyl carbamates (subject to hydrolysis) is 1. The van der Waals surface area contributed by atoms with Crippen LogP contribution in [-0.2, 0) is 19.4 Å². The minimum Gasteiger partial charge on any atom is -0.444 e. The number of sulfone groups is 1. The summed E-state index contributed by atoms with van der Waals surface area (Å²) in [5.41, 5.74) is -2.14. The standard InChI is InChI=1S/C16H20FNO5S/c1-15(2,3)23-14(20)18-16(9-19)12(13(16)24(4,21)22)10-6-5-7-11(17)8-10/h5-9,12-13H,1-4H3,(H,18,20)/t12-,13-,16-/m0/s1. The zero-order valence-corrected chi connectivity index (χ0v) is 14.7. The lowest BCUT2D eigenvalue weighted by molar-refractivity contribution is -0.110. The highest BCUT2D eigenvalue weighted by atomic mass is 32.2. The quantitative estimate of drug-likeness (QED) is 0.830. The first-order valence-corrected chi connectivity index (χ1v) is 9.28. The van der Waals surface area contributed by atoms with Crippen LogP contribution in [0.2, 0.25) is 0 Å². The number of aldehydes is 1. The molecule has 0 unspecified atom stereocenters. The highest BCUT2D eigenvalue weighted by Gasteiger charge is 2.72. The molecule has 1 aliphatic carbocycles. The van der Waals surface area contributed by atoms with Gasteiger partial charge in [0.25, 0.3) is 0 Å². The van der Waals surface area contributed by atoms with E-state index in [0.29, 0.717) is 11.8 Å². The Kier molecular flexibility index (Phi) is 4.47. The number of hydrogen-bond acceptors (Lipinski definition) is 5. The highest BCUT2D eigenvalue weighted by molar-refractivity contribution is 7.91. The summed E-state index contributed by atoms with van der Waals surface area (Å²) < 4.78 is 42.7. The van der Waals surface area contributed by atoms with E-state index >= 15 is 0 Å². The number of hydrogen-bond donors (Lipinski definition) is 1. The molecule has 1 amide bonds. The van der Waals surface area contributed by atoms with E-state index in [-0.39, 0.29) is 0 Å². The van der Waals surface area contributed by atoms with Gasteiger partial charge in [-0.3, -0.25) is 0 Å². The van der Waals surface area contributed by atoms with Gasteiger partial charge in [-0.15, -0.1) is 0 Å². The summed E-state index contributed by atoms with van der Waals surface area (Å²) >= 11 is 0. The zero-order chi connectivity index (χ0) is 18.3. The molecule has 3 atom stereocenters. The van der Waals surface area contributed by atoms with Crippen molar-refractivity contribution in [3.63, 3.8) is 0 Å². The molecule has 1 N–H and O–H groups in total. The number of carbonyl (C=O) groups excluding carboxylic acids is 2. The van der Waals surface area contributed by atoms with E-state index in [4.69, 9.17) is 4.74 Å². The fourth-order valence-corrected chi connectivity index (χ4v) is 4.69. The summed E-state index contributed by atoms with van der Waals surface area (Å²) in [6, 6.07) is 5.31. The van der Waals surface area contributed by atoms with Crippen LogP contribution in [0.5, 0.6) is 0 Å². The molecule has 1 saturated carbocycles. The van der Waals surface area contributed by atoms with Gasteiger partial charge in [-0.25, -0.2) is 17.6 Å². The van der Waals surface area contributed by atoms with E-state index in [1.165, 1.54) is 18.2 Å². The number of amides is 1. The van der Waals surface area contributed by atoms with E-state index in [9.17, 15) is 22.4 Å². The SMILES string of the molecule is CC(C)(C)OC(=O)N[C@@]1(C=O)[C@@H](c2cccc(F)c2)[C@@H]1S(C)(=O)=O. The lowest BCUT2D eigenvalue weighted by atomic mass is 10.1. The van der Waals surface area contributed by atoms with Crippen LogP contribution in [0.3, 0.4) is 0 Å². The number of benzene rings is 1. The first-order valence-electron chi connectivity index (χ1n) is 7.32. The molecule has 0 aromatic heterocycles. The van der Waals surface area contributed by atoms with Gasteiger partial charge >= 0.3 is 6.09 Å². The summed E-state index contributed by atoms with van der Waals surface area (Å²) in [5.74, 6) is -1.42. The summed E-state index contributed by atoms with van der Waals surface area (Å²) in [7, 11) is -3.67. The Morgan fingerprint density at radius 2 is 2.00 bits per heavy atom. The Hall–Kier alpha value is -1.96. The minimum absolute atomic E-state index is 0.327. The Labute approximate surface area is 140 Å². The van der Waals surface area contributed by atoms with Crippen molar-refractivity contribution in [2.75, 3.05) is 6.26 Å². The molecule has 0 bridgehead atoms. The van der Waals surface area contributed by atoms with E-state index in [2.05, 4.69) is 5.32 Å². The Morgan fingerprint density at radius 1 is 1.38 bits per heavy atom. The zero-order valence-electron chi connectivity index (χ0n) is 13.9. The Balaban J connectivity index is 2.38.